The molecule has 0 aliphatic rings. The first-order valence-electron chi connectivity index (χ1n) is 6.22. The maximum atomic E-state index is 11.6. The highest BCUT2D eigenvalue weighted by Crippen LogP contribution is 2.14. The van der Waals surface area contributed by atoms with E-state index in [2.05, 4.69) is 10.3 Å². The fourth-order valence-electron chi connectivity index (χ4n) is 1.61. The molecule has 7 nitrogen and oxygen atoms in total. The molecule has 1 N–H and O–H groups in total. The Labute approximate surface area is 120 Å². The zero-order valence-electron chi connectivity index (χ0n) is 11.1. The standard InChI is InChI=1S/C14H13N3O4/c18-14(11-2-1-7-15-10-11)21-9-8-16-12-3-5-13(6-4-12)17(19)20/h1-7,10,16H,8-9H2. The third-order valence-corrected chi connectivity index (χ3v) is 2.64. The highest BCUT2D eigenvalue weighted by atomic mass is 16.6. The number of hydrogen-bond donors (Lipinski definition) is 1. The van der Waals surface area contributed by atoms with Crippen LogP contribution in [0.25, 0.3) is 0 Å². The molecule has 0 saturated heterocycles. The molecule has 7 heteroatoms. The molecule has 21 heavy (non-hydrogen) atoms. The summed E-state index contributed by atoms with van der Waals surface area (Å²) in [6.07, 6.45) is 3.01. The number of carbonyl (C=O) groups is 1. The molecule has 1 aromatic heterocycles. The number of benzene rings is 1. The summed E-state index contributed by atoms with van der Waals surface area (Å²) < 4.78 is 5.06. The van der Waals surface area contributed by atoms with E-state index in [1.54, 1.807) is 30.5 Å². The molecule has 0 fully saturated rings. The van der Waals surface area contributed by atoms with Crippen molar-refractivity contribution in [3.63, 3.8) is 0 Å². The van der Waals surface area contributed by atoms with Gasteiger partial charge in [0, 0.05) is 36.8 Å². The van der Waals surface area contributed by atoms with Crippen molar-refractivity contribution >= 4 is 17.3 Å². The van der Waals surface area contributed by atoms with Gasteiger partial charge in [0.1, 0.15) is 6.61 Å². The Hall–Kier alpha value is -2.96. The van der Waals surface area contributed by atoms with Gasteiger partial charge in [0.2, 0.25) is 0 Å². The SMILES string of the molecule is O=C(OCCNc1ccc([N+](=O)[O-])cc1)c1cccnc1. The summed E-state index contributed by atoms with van der Waals surface area (Å²) >= 11 is 0. The first-order valence-corrected chi connectivity index (χ1v) is 6.22. The number of non-ortho nitro benzene ring substituents is 1. The van der Waals surface area contributed by atoms with Crippen LogP contribution in [-0.4, -0.2) is 29.0 Å². The maximum absolute atomic E-state index is 11.6. The first-order chi connectivity index (χ1) is 10.2. The molecule has 0 atom stereocenters. The van der Waals surface area contributed by atoms with Gasteiger partial charge in [0.15, 0.2) is 0 Å². The third-order valence-electron chi connectivity index (χ3n) is 2.64. The number of nitrogens with zero attached hydrogens (tertiary/aromatic N) is 2. The molecule has 0 unspecified atom stereocenters. The number of nitro groups is 1. The number of aromatic nitrogens is 1. The maximum Gasteiger partial charge on any atom is 0.339 e. The highest BCUT2D eigenvalue weighted by molar-refractivity contribution is 5.88. The van der Waals surface area contributed by atoms with Gasteiger partial charge in [-0.1, -0.05) is 0 Å². The van der Waals surface area contributed by atoms with E-state index in [-0.39, 0.29) is 12.3 Å². The van der Waals surface area contributed by atoms with Gasteiger partial charge in [0.25, 0.3) is 5.69 Å². The van der Waals surface area contributed by atoms with E-state index in [1.807, 2.05) is 0 Å². The number of nitrogens with one attached hydrogen (secondary N) is 1. The minimum absolute atomic E-state index is 0.0311. The lowest BCUT2D eigenvalue weighted by Gasteiger charge is -2.07. The van der Waals surface area contributed by atoms with E-state index in [0.29, 0.717) is 12.1 Å². The zero-order valence-corrected chi connectivity index (χ0v) is 11.1. The lowest BCUT2D eigenvalue weighted by Crippen LogP contribution is -2.14. The van der Waals surface area contributed by atoms with Crippen molar-refractivity contribution in [2.75, 3.05) is 18.5 Å². The average molecular weight is 287 g/mol. The molecule has 0 saturated carbocycles. The van der Waals surface area contributed by atoms with Crippen LogP contribution in [0.4, 0.5) is 11.4 Å². The molecular weight excluding hydrogens is 274 g/mol. The van der Waals surface area contributed by atoms with Gasteiger partial charge in [-0.15, -0.1) is 0 Å². The lowest BCUT2D eigenvalue weighted by molar-refractivity contribution is -0.384. The number of hydrogen-bond acceptors (Lipinski definition) is 6. The number of nitro benzene ring substituents is 1. The topological polar surface area (TPSA) is 94.4 Å². The Morgan fingerprint density at radius 1 is 1.29 bits per heavy atom. The number of anilines is 1. The van der Waals surface area contributed by atoms with E-state index in [4.69, 9.17) is 4.74 Å². The second kappa shape index (κ2) is 6.99. The van der Waals surface area contributed by atoms with Crippen molar-refractivity contribution in [3.05, 3.63) is 64.5 Å². The Bertz CT molecular complexity index is 614. The second-order valence-corrected chi connectivity index (χ2v) is 4.11. The van der Waals surface area contributed by atoms with Crippen LogP contribution in [0.1, 0.15) is 10.4 Å². The molecule has 2 rings (SSSR count). The van der Waals surface area contributed by atoms with Crippen LogP contribution in [0, 0.1) is 10.1 Å². The zero-order chi connectivity index (χ0) is 15.1. The normalized spacial score (nSPS) is 9.90. The second-order valence-electron chi connectivity index (χ2n) is 4.11. The predicted octanol–water partition coefficient (Wildman–Crippen LogP) is 2.26. The average Bonchev–Trinajstić information content (AvgIpc) is 2.52. The molecule has 0 bridgehead atoms. The van der Waals surface area contributed by atoms with E-state index in [9.17, 15) is 14.9 Å². The van der Waals surface area contributed by atoms with Crippen molar-refractivity contribution in [3.8, 4) is 0 Å². The quantitative estimate of drug-likeness (QED) is 0.379. The van der Waals surface area contributed by atoms with Crippen LogP contribution in [-0.2, 0) is 4.74 Å². The van der Waals surface area contributed by atoms with Gasteiger partial charge in [0.05, 0.1) is 10.5 Å². The summed E-state index contributed by atoms with van der Waals surface area (Å²) in [6.45, 7) is 0.592. The molecule has 1 heterocycles. The fraction of sp³-hybridized carbons (Fsp3) is 0.143. The van der Waals surface area contributed by atoms with Crippen LogP contribution in [0.2, 0.25) is 0 Å². The molecule has 0 spiro atoms. The Morgan fingerprint density at radius 2 is 2.05 bits per heavy atom. The minimum Gasteiger partial charge on any atom is -0.460 e. The van der Waals surface area contributed by atoms with Crippen molar-refractivity contribution in [1.29, 1.82) is 0 Å². The summed E-state index contributed by atoms with van der Waals surface area (Å²) in [4.78, 5) is 25.5. The largest absolute Gasteiger partial charge is 0.460 e. The molecule has 0 radical (unpaired) electrons. The molecule has 0 amide bonds. The van der Waals surface area contributed by atoms with E-state index < -0.39 is 10.9 Å². The molecule has 1 aromatic carbocycles. The fourth-order valence-corrected chi connectivity index (χ4v) is 1.61. The van der Waals surface area contributed by atoms with Crippen LogP contribution >= 0.6 is 0 Å². The molecule has 0 aliphatic heterocycles. The summed E-state index contributed by atoms with van der Waals surface area (Å²) in [7, 11) is 0. The van der Waals surface area contributed by atoms with Crippen molar-refractivity contribution < 1.29 is 14.5 Å². The number of carbonyl (C=O) groups excluding carboxylic acids is 1. The Kier molecular flexibility index (Phi) is 4.81. The highest BCUT2D eigenvalue weighted by Gasteiger charge is 2.06. The first kappa shape index (κ1) is 14.4. The van der Waals surface area contributed by atoms with E-state index in [1.165, 1.54) is 18.3 Å². The van der Waals surface area contributed by atoms with Gasteiger partial charge in [-0.3, -0.25) is 15.1 Å². The number of esters is 1. The summed E-state index contributed by atoms with van der Waals surface area (Å²) in [5.74, 6) is -0.436. The number of ether oxygens (including phenoxy) is 1. The lowest BCUT2D eigenvalue weighted by atomic mass is 10.3. The van der Waals surface area contributed by atoms with Crippen LogP contribution in [0.15, 0.2) is 48.8 Å². The monoisotopic (exact) mass is 287 g/mol. The molecule has 2 aromatic rings. The summed E-state index contributed by atoms with van der Waals surface area (Å²) in [6, 6.07) is 9.29. The smallest absolute Gasteiger partial charge is 0.339 e. The Balaban J connectivity index is 1.75. The minimum atomic E-state index is -0.459. The van der Waals surface area contributed by atoms with Crippen LogP contribution < -0.4 is 5.32 Å². The van der Waals surface area contributed by atoms with Crippen LogP contribution in [0.5, 0.6) is 0 Å². The van der Waals surface area contributed by atoms with Crippen molar-refractivity contribution in [1.82, 2.24) is 4.98 Å². The van der Waals surface area contributed by atoms with Gasteiger partial charge < -0.3 is 10.1 Å². The number of pyridine rings is 1. The van der Waals surface area contributed by atoms with Crippen molar-refractivity contribution in [2.24, 2.45) is 0 Å². The van der Waals surface area contributed by atoms with Gasteiger partial charge in [-0.2, -0.15) is 0 Å². The molecule has 0 aliphatic carbocycles. The van der Waals surface area contributed by atoms with Gasteiger partial charge in [-0.25, -0.2) is 4.79 Å². The van der Waals surface area contributed by atoms with E-state index in [0.717, 1.165) is 5.69 Å². The predicted molar refractivity (Wildman–Crippen MR) is 76.1 cm³/mol. The molecule has 108 valence electrons. The van der Waals surface area contributed by atoms with Gasteiger partial charge >= 0.3 is 5.97 Å². The van der Waals surface area contributed by atoms with Gasteiger partial charge in [-0.05, 0) is 24.3 Å². The third kappa shape index (κ3) is 4.27. The summed E-state index contributed by atoms with van der Waals surface area (Å²) in [5.41, 5.74) is 1.15. The van der Waals surface area contributed by atoms with Crippen LogP contribution in [0.3, 0.4) is 0 Å². The van der Waals surface area contributed by atoms with Crippen molar-refractivity contribution in [2.45, 2.75) is 0 Å². The Morgan fingerprint density at radius 3 is 2.67 bits per heavy atom. The summed E-state index contributed by atoms with van der Waals surface area (Å²) in [5, 5.41) is 13.5. The van der Waals surface area contributed by atoms with E-state index >= 15 is 0 Å². The number of rotatable bonds is 6. The molecular formula is C14H13N3O4.